The second-order valence-electron chi connectivity index (χ2n) is 5.23. The molecule has 0 aliphatic rings. The maximum Gasteiger partial charge on any atom is 0.338 e. The number of carbonyl (C=O) groups is 1. The Morgan fingerprint density at radius 3 is 2.05 bits per heavy atom. The number of benzene rings is 1. The van der Waals surface area contributed by atoms with E-state index in [9.17, 15) is 4.79 Å². The van der Waals surface area contributed by atoms with Crippen molar-refractivity contribution in [3.05, 3.63) is 35.4 Å². The van der Waals surface area contributed by atoms with Gasteiger partial charge < -0.3 is 14.2 Å². The Morgan fingerprint density at radius 2 is 1.60 bits per heavy atom. The number of ether oxygens (including phenoxy) is 3. The summed E-state index contributed by atoms with van der Waals surface area (Å²) in [5, 5.41) is 0. The lowest BCUT2D eigenvalue weighted by molar-refractivity contribution is -0.0223. The molecule has 0 aliphatic carbocycles. The van der Waals surface area contributed by atoms with Gasteiger partial charge in [0.05, 0.1) is 18.8 Å². The van der Waals surface area contributed by atoms with Gasteiger partial charge in [-0.05, 0) is 30.0 Å². The smallest absolute Gasteiger partial charge is 0.338 e. The summed E-state index contributed by atoms with van der Waals surface area (Å²) in [7, 11) is 3.13. The molecule has 0 bridgehead atoms. The van der Waals surface area contributed by atoms with Gasteiger partial charge in [0.2, 0.25) is 0 Å². The van der Waals surface area contributed by atoms with Crippen molar-refractivity contribution < 1.29 is 19.0 Å². The van der Waals surface area contributed by atoms with E-state index in [-0.39, 0.29) is 12.1 Å². The van der Waals surface area contributed by atoms with Gasteiger partial charge in [0.25, 0.3) is 0 Å². The van der Waals surface area contributed by atoms with Crippen LogP contribution in [-0.2, 0) is 20.6 Å². The van der Waals surface area contributed by atoms with E-state index in [2.05, 4.69) is 13.8 Å². The van der Waals surface area contributed by atoms with E-state index in [0.29, 0.717) is 24.7 Å². The van der Waals surface area contributed by atoms with Gasteiger partial charge in [-0.1, -0.05) is 26.0 Å². The Labute approximate surface area is 121 Å². The van der Waals surface area contributed by atoms with Crippen LogP contribution in [0.25, 0.3) is 0 Å². The van der Waals surface area contributed by atoms with Gasteiger partial charge in [-0.2, -0.15) is 0 Å². The highest BCUT2D eigenvalue weighted by Gasteiger charge is 2.15. The van der Waals surface area contributed by atoms with Gasteiger partial charge in [0, 0.05) is 14.2 Å². The minimum absolute atomic E-state index is 0.324. The van der Waals surface area contributed by atoms with Crippen molar-refractivity contribution in [1.82, 2.24) is 0 Å². The van der Waals surface area contributed by atoms with Crippen molar-refractivity contribution in [1.29, 1.82) is 0 Å². The molecule has 0 unspecified atom stereocenters. The molecule has 0 aromatic heterocycles. The Kier molecular flexibility index (Phi) is 7.26. The Bertz CT molecular complexity index is 391. The average molecular weight is 280 g/mol. The number of hydrogen-bond donors (Lipinski definition) is 0. The molecular weight excluding hydrogens is 256 g/mol. The molecule has 0 saturated carbocycles. The van der Waals surface area contributed by atoms with Crippen molar-refractivity contribution in [2.75, 3.05) is 27.4 Å². The van der Waals surface area contributed by atoms with Crippen LogP contribution in [0.3, 0.4) is 0 Å². The standard InChI is InChI=1S/C16H24O4/c1-12(2)9-13-5-7-14(8-6-13)16(17)20-15(10-18-3)11-19-4/h5-8,12,15H,9-11H2,1-4H3. The molecular formula is C16H24O4. The minimum Gasteiger partial charge on any atom is -0.454 e. The molecule has 0 aliphatic heterocycles. The number of hydrogen-bond acceptors (Lipinski definition) is 4. The van der Waals surface area contributed by atoms with Crippen LogP contribution < -0.4 is 0 Å². The molecule has 4 heteroatoms. The highest BCUT2D eigenvalue weighted by Crippen LogP contribution is 2.11. The Balaban J connectivity index is 2.62. The first-order chi connectivity index (χ1) is 9.56. The summed E-state index contributed by atoms with van der Waals surface area (Å²) < 4.78 is 15.3. The van der Waals surface area contributed by atoms with Crippen LogP contribution in [0, 0.1) is 5.92 Å². The number of methoxy groups -OCH3 is 2. The summed E-state index contributed by atoms with van der Waals surface area (Å²) in [5.41, 5.74) is 1.77. The third-order valence-corrected chi connectivity index (χ3v) is 2.81. The largest absolute Gasteiger partial charge is 0.454 e. The first-order valence-corrected chi connectivity index (χ1v) is 6.84. The zero-order valence-electron chi connectivity index (χ0n) is 12.7. The fourth-order valence-corrected chi connectivity index (χ4v) is 1.96. The lowest BCUT2D eigenvalue weighted by Crippen LogP contribution is -2.27. The lowest BCUT2D eigenvalue weighted by atomic mass is 10.0. The molecule has 0 N–H and O–H groups in total. The molecule has 0 heterocycles. The fourth-order valence-electron chi connectivity index (χ4n) is 1.96. The molecule has 0 radical (unpaired) electrons. The monoisotopic (exact) mass is 280 g/mol. The maximum absolute atomic E-state index is 12.0. The van der Waals surface area contributed by atoms with E-state index in [1.165, 1.54) is 5.56 Å². The molecule has 112 valence electrons. The number of esters is 1. The summed E-state index contributed by atoms with van der Waals surface area (Å²) in [6, 6.07) is 7.55. The van der Waals surface area contributed by atoms with Crippen molar-refractivity contribution in [2.24, 2.45) is 5.92 Å². The van der Waals surface area contributed by atoms with Crippen LogP contribution in [0.15, 0.2) is 24.3 Å². The molecule has 0 fully saturated rings. The second kappa shape index (κ2) is 8.72. The van der Waals surface area contributed by atoms with Crippen LogP contribution >= 0.6 is 0 Å². The summed E-state index contributed by atoms with van der Waals surface area (Å²) in [6.45, 7) is 4.99. The normalized spacial score (nSPS) is 11.1. The summed E-state index contributed by atoms with van der Waals surface area (Å²) in [6.07, 6.45) is 0.624. The third-order valence-electron chi connectivity index (χ3n) is 2.81. The van der Waals surface area contributed by atoms with Crippen LogP contribution in [0.5, 0.6) is 0 Å². The number of carbonyl (C=O) groups excluding carboxylic acids is 1. The van der Waals surface area contributed by atoms with Crippen LogP contribution in [0.4, 0.5) is 0 Å². The molecule has 1 aromatic carbocycles. The van der Waals surface area contributed by atoms with Gasteiger partial charge in [-0.25, -0.2) is 4.79 Å². The minimum atomic E-state index is -0.382. The third kappa shape index (κ3) is 5.72. The highest BCUT2D eigenvalue weighted by molar-refractivity contribution is 5.89. The van der Waals surface area contributed by atoms with E-state index in [1.54, 1.807) is 26.4 Å². The van der Waals surface area contributed by atoms with E-state index in [0.717, 1.165) is 6.42 Å². The highest BCUT2D eigenvalue weighted by atomic mass is 16.6. The van der Waals surface area contributed by atoms with E-state index in [4.69, 9.17) is 14.2 Å². The first kappa shape index (κ1) is 16.7. The molecule has 0 spiro atoms. The van der Waals surface area contributed by atoms with E-state index < -0.39 is 0 Å². The molecule has 0 amide bonds. The molecule has 1 aromatic rings. The van der Waals surface area contributed by atoms with Crippen molar-refractivity contribution in [3.63, 3.8) is 0 Å². The Morgan fingerprint density at radius 1 is 1.05 bits per heavy atom. The van der Waals surface area contributed by atoms with E-state index in [1.807, 2.05) is 12.1 Å². The summed E-state index contributed by atoms with van der Waals surface area (Å²) in [5.74, 6) is 0.251. The molecule has 20 heavy (non-hydrogen) atoms. The zero-order chi connectivity index (χ0) is 15.0. The SMILES string of the molecule is COCC(COC)OC(=O)c1ccc(CC(C)C)cc1. The maximum atomic E-state index is 12.0. The van der Waals surface area contributed by atoms with Gasteiger partial charge in [-0.3, -0.25) is 0 Å². The number of rotatable bonds is 8. The quantitative estimate of drug-likeness (QED) is 0.687. The lowest BCUT2D eigenvalue weighted by Gasteiger charge is -2.16. The predicted octanol–water partition coefficient (Wildman–Crippen LogP) is 2.70. The van der Waals surface area contributed by atoms with Crippen molar-refractivity contribution >= 4 is 5.97 Å². The average Bonchev–Trinajstić information content (AvgIpc) is 2.39. The van der Waals surface area contributed by atoms with Gasteiger partial charge in [-0.15, -0.1) is 0 Å². The topological polar surface area (TPSA) is 44.8 Å². The first-order valence-electron chi connectivity index (χ1n) is 6.84. The fraction of sp³-hybridized carbons (Fsp3) is 0.562. The van der Waals surface area contributed by atoms with Gasteiger partial charge >= 0.3 is 5.97 Å². The van der Waals surface area contributed by atoms with Gasteiger partial charge in [0.15, 0.2) is 0 Å². The van der Waals surface area contributed by atoms with Crippen LogP contribution in [-0.4, -0.2) is 39.5 Å². The molecule has 0 atom stereocenters. The van der Waals surface area contributed by atoms with E-state index >= 15 is 0 Å². The Hall–Kier alpha value is -1.39. The summed E-state index contributed by atoms with van der Waals surface area (Å²) >= 11 is 0. The van der Waals surface area contributed by atoms with Crippen molar-refractivity contribution in [3.8, 4) is 0 Å². The van der Waals surface area contributed by atoms with Crippen LogP contribution in [0.2, 0.25) is 0 Å². The van der Waals surface area contributed by atoms with Crippen LogP contribution in [0.1, 0.15) is 29.8 Å². The molecule has 1 rings (SSSR count). The molecule has 4 nitrogen and oxygen atoms in total. The molecule has 0 saturated heterocycles. The van der Waals surface area contributed by atoms with Crippen molar-refractivity contribution in [2.45, 2.75) is 26.4 Å². The zero-order valence-corrected chi connectivity index (χ0v) is 12.7. The van der Waals surface area contributed by atoms with Gasteiger partial charge in [0.1, 0.15) is 6.10 Å². The predicted molar refractivity (Wildman–Crippen MR) is 77.9 cm³/mol. The second-order valence-corrected chi connectivity index (χ2v) is 5.23. The summed E-state index contributed by atoms with van der Waals surface area (Å²) in [4.78, 5) is 12.0.